The van der Waals surface area contributed by atoms with Gasteiger partial charge in [-0.25, -0.2) is 4.98 Å². The van der Waals surface area contributed by atoms with Gasteiger partial charge in [-0.15, -0.1) is 23.7 Å². The van der Waals surface area contributed by atoms with Crippen molar-refractivity contribution in [2.75, 3.05) is 13.1 Å². The summed E-state index contributed by atoms with van der Waals surface area (Å²) in [5.74, 6) is 1.62. The zero-order valence-corrected chi connectivity index (χ0v) is 9.40. The van der Waals surface area contributed by atoms with Crippen LogP contribution in [-0.2, 0) is 0 Å². The predicted octanol–water partition coefficient (Wildman–Crippen LogP) is 2.19. The lowest BCUT2D eigenvalue weighted by atomic mass is 10.00. The second kappa shape index (κ2) is 4.01. The number of nitrogens with one attached hydrogen (secondary N) is 1. The third-order valence-corrected chi connectivity index (χ3v) is 3.85. The van der Waals surface area contributed by atoms with Crippen LogP contribution >= 0.6 is 23.7 Å². The van der Waals surface area contributed by atoms with Crippen LogP contribution in [0.5, 0.6) is 0 Å². The number of thiazole rings is 1. The van der Waals surface area contributed by atoms with Gasteiger partial charge in [0.25, 0.3) is 0 Å². The normalized spacial score (nSPS) is 29.6. The van der Waals surface area contributed by atoms with Gasteiger partial charge >= 0.3 is 0 Å². The molecule has 1 aromatic rings. The van der Waals surface area contributed by atoms with Gasteiger partial charge in [-0.05, 0) is 30.4 Å². The highest BCUT2D eigenvalue weighted by Gasteiger charge is 2.32. The van der Waals surface area contributed by atoms with E-state index in [-0.39, 0.29) is 12.4 Å². The molecule has 0 saturated carbocycles. The largest absolute Gasteiger partial charge is 0.316 e. The van der Waals surface area contributed by atoms with Crippen molar-refractivity contribution in [1.82, 2.24) is 10.3 Å². The van der Waals surface area contributed by atoms with Crippen LogP contribution in [0.25, 0.3) is 5.57 Å². The minimum atomic E-state index is 0. The third kappa shape index (κ3) is 1.60. The van der Waals surface area contributed by atoms with Crippen molar-refractivity contribution in [1.29, 1.82) is 0 Å². The molecular formula is C10H13ClN2S. The number of halogens is 1. The summed E-state index contributed by atoms with van der Waals surface area (Å²) in [6, 6.07) is 0. The lowest BCUT2D eigenvalue weighted by Gasteiger charge is -2.04. The second-order valence-corrected chi connectivity index (χ2v) is 4.71. The fraction of sp³-hybridized carbons (Fsp3) is 0.500. The van der Waals surface area contributed by atoms with Gasteiger partial charge in [0.15, 0.2) is 0 Å². The highest BCUT2D eigenvalue weighted by atomic mass is 35.5. The number of aromatic nitrogens is 1. The number of allylic oxidation sites excluding steroid dienone is 1. The first-order chi connectivity index (χ1) is 6.43. The average Bonchev–Trinajstić information content (AvgIpc) is 2.78. The summed E-state index contributed by atoms with van der Waals surface area (Å²) in [7, 11) is 0. The summed E-state index contributed by atoms with van der Waals surface area (Å²) >= 11 is 1.76. The minimum Gasteiger partial charge on any atom is -0.316 e. The molecule has 2 heterocycles. The van der Waals surface area contributed by atoms with Crippen LogP contribution in [0.2, 0.25) is 0 Å². The molecule has 0 unspecified atom stereocenters. The molecule has 3 rings (SSSR count). The maximum Gasteiger partial charge on any atom is 0.118 e. The highest BCUT2D eigenvalue weighted by Crippen LogP contribution is 2.38. The molecular weight excluding hydrogens is 216 g/mol. The van der Waals surface area contributed by atoms with E-state index in [1.165, 1.54) is 30.1 Å². The summed E-state index contributed by atoms with van der Waals surface area (Å²) in [4.78, 5) is 4.36. The van der Waals surface area contributed by atoms with Crippen molar-refractivity contribution in [2.24, 2.45) is 11.8 Å². The average molecular weight is 229 g/mol. The molecule has 76 valence electrons. The molecule has 1 saturated heterocycles. The van der Waals surface area contributed by atoms with Crippen LogP contribution in [0.3, 0.4) is 0 Å². The van der Waals surface area contributed by atoms with Crippen LogP contribution < -0.4 is 5.32 Å². The molecule has 1 N–H and O–H groups in total. The van der Waals surface area contributed by atoms with E-state index >= 15 is 0 Å². The lowest BCUT2D eigenvalue weighted by molar-refractivity contribution is 0.536. The van der Waals surface area contributed by atoms with Crippen molar-refractivity contribution in [3.05, 3.63) is 22.7 Å². The first-order valence-electron chi connectivity index (χ1n) is 4.75. The Kier molecular flexibility index (Phi) is 2.91. The quantitative estimate of drug-likeness (QED) is 0.797. The number of hydrogen-bond donors (Lipinski definition) is 1. The van der Waals surface area contributed by atoms with Gasteiger partial charge in [-0.3, -0.25) is 0 Å². The molecule has 0 spiro atoms. The Balaban J connectivity index is 0.000000750. The fourth-order valence-electron chi connectivity index (χ4n) is 2.32. The van der Waals surface area contributed by atoms with Crippen molar-refractivity contribution < 1.29 is 0 Å². The molecule has 1 aromatic heterocycles. The lowest BCUT2D eigenvalue weighted by Crippen LogP contribution is -2.09. The van der Waals surface area contributed by atoms with E-state index in [4.69, 9.17) is 0 Å². The summed E-state index contributed by atoms with van der Waals surface area (Å²) in [5.41, 5.74) is 1.48. The van der Waals surface area contributed by atoms with E-state index < -0.39 is 0 Å². The van der Waals surface area contributed by atoms with Gasteiger partial charge in [-0.1, -0.05) is 6.08 Å². The molecule has 2 atom stereocenters. The molecule has 4 heteroatoms. The van der Waals surface area contributed by atoms with Crippen molar-refractivity contribution in [2.45, 2.75) is 6.42 Å². The first-order valence-corrected chi connectivity index (χ1v) is 5.63. The Morgan fingerprint density at radius 1 is 1.43 bits per heavy atom. The second-order valence-electron chi connectivity index (χ2n) is 3.82. The summed E-state index contributed by atoms with van der Waals surface area (Å²) in [6.07, 6.45) is 5.54. The number of nitrogens with zero attached hydrogens (tertiary/aromatic N) is 1. The topological polar surface area (TPSA) is 24.9 Å². The van der Waals surface area contributed by atoms with E-state index in [9.17, 15) is 0 Å². The first kappa shape index (κ1) is 10.1. The van der Waals surface area contributed by atoms with E-state index in [1.54, 1.807) is 11.3 Å². The van der Waals surface area contributed by atoms with Gasteiger partial charge in [0, 0.05) is 18.1 Å². The predicted molar refractivity (Wildman–Crippen MR) is 61.8 cm³/mol. The van der Waals surface area contributed by atoms with Crippen LogP contribution in [-0.4, -0.2) is 18.1 Å². The molecule has 1 aliphatic heterocycles. The van der Waals surface area contributed by atoms with Gasteiger partial charge in [0.05, 0.1) is 0 Å². The SMILES string of the molecule is C1=C(c2nccs2)C[C@@H]2CNC[C@H]12.Cl. The highest BCUT2D eigenvalue weighted by molar-refractivity contribution is 7.10. The van der Waals surface area contributed by atoms with Crippen molar-refractivity contribution in [3.8, 4) is 0 Å². The van der Waals surface area contributed by atoms with E-state index in [0.717, 1.165) is 11.8 Å². The van der Waals surface area contributed by atoms with Crippen molar-refractivity contribution in [3.63, 3.8) is 0 Å². The number of hydrogen-bond acceptors (Lipinski definition) is 3. The third-order valence-electron chi connectivity index (χ3n) is 3.00. The molecule has 1 fully saturated rings. The smallest absolute Gasteiger partial charge is 0.118 e. The number of rotatable bonds is 1. The molecule has 2 aliphatic rings. The van der Waals surface area contributed by atoms with Gasteiger partial charge < -0.3 is 5.32 Å². The maximum absolute atomic E-state index is 4.36. The van der Waals surface area contributed by atoms with Crippen LogP contribution in [0.1, 0.15) is 11.4 Å². The van der Waals surface area contributed by atoms with E-state index in [1.807, 2.05) is 6.20 Å². The molecule has 1 aliphatic carbocycles. The van der Waals surface area contributed by atoms with Crippen LogP contribution in [0.4, 0.5) is 0 Å². The van der Waals surface area contributed by atoms with Crippen molar-refractivity contribution >= 4 is 29.3 Å². The molecule has 0 radical (unpaired) electrons. The molecule has 14 heavy (non-hydrogen) atoms. The standard InChI is InChI=1S/C10H12N2S.ClH/c1-2-13-10(12-1)7-3-8-5-11-6-9(8)4-7;/h1-3,8-9,11H,4-6H2;1H/t8-,9+;/m0./s1. The maximum atomic E-state index is 4.36. The Hall–Kier alpha value is -0.380. The zero-order chi connectivity index (χ0) is 8.67. The Morgan fingerprint density at radius 2 is 2.36 bits per heavy atom. The fourth-order valence-corrected chi connectivity index (χ4v) is 3.00. The minimum absolute atomic E-state index is 0. The molecule has 0 amide bonds. The Morgan fingerprint density at radius 3 is 3.07 bits per heavy atom. The monoisotopic (exact) mass is 228 g/mol. The van der Waals surface area contributed by atoms with E-state index in [0.29, 0.717) is 0 Å². The van der Waals surface area contributed by atoms with E-state index in [2.05, 4.69) is 21.8 Å². The number of fused-ring (bicyclic) bond motifs is 1. The van der Waals surface area contributed by atoms with Crippen LogP contribution in [0, 0.1) is 11.8 Å². The molecule has 2 nitrogen and oxygen atoms in total. The summed E-state index contributed by atoms with van der Waals surface area (Å²) in [6.45, 7) is 2.36. The van der Waals surface area contributed by atoms with Gasteiger partial charge in [-0.2, -0.15) is 0 Å². The van der Waals surface area contributed by atoms with Gasteiger partial charge in [0.1, 0.15) is 5.01 Å². The zero-order valence-electron chi connectivity index (χ0n) is 7.77. The molecule has 0 aromatic carbocycles. The Labute approximate surface area is 93.8 Å². The van der Waals surface area contributed by atoms with Crippen LogP contribution in [0.15, 0.2) is 17.7 Å². The van der Waals surface area contributed by atoms with Gasteiger partial charge in [0.2, 0.25) is 0 Å². The molecule has 0 bridgehead atoms. The summed E-state index contributed by atoms with van der Waals surface area (Å²) < 4.78 is 0. The Bertz CT molecular complexity index is 334. The summed E-state index contributed by atoms with van der Waals surface area (Å²) in [5, 5.41) is 6.72.